The van der Waals surface area contributed by atoms with Crippen molar-refractivity contribution in [3.05, 3.63) is 27.8 Å². The van der Waals surface area contributed by atoms with Crippen molar-refractivity contribution >= 4 is 44.1 Å². The van der Waals surface area contributed by atoms with Gasteiger partial charge in [-0.25, -0.2) is 0 Å². The Balaban J connectivity index is 2.93. The SMILES string of the molecule is COc1ccc(Br)c2c(Cl)c(N)cnc12. The second-order valence-electron chi connectivity index (χ2n) is 3.00. The predicted molar refractivity (Wildman–Crippen MR) is 65.4 cm³/mol. The Kier molecular flexibility index (Phi) is 2.71. The van der Waals surface area contributed by atoms with Gasteiger partial charge in [0.2, 0.25) is 0 Å². The van der Waals surface area contributed by atoms with E-state index < -0.39 is 0 Å². The minimum Gasteiger partial charge on any atom is -0.494 e. The first-order valence-corrected chi connectivity index (χ1v) is 5.38. The number of nitrogen functional groups attached to an aromatic ring is 1. The van der Waals surface area contributed by atoms with Crippen LogP contribution in [0, 0.1) is 0 Å². The summed E-state index contributed by atoms with van der Waals surface area (Å²) in [6, 6.07) is 3.68. The van der Waals surface area contributed by atoms with E-state index in [0.717, 1.165) is 9.86 Å². The molecule has 0 unspecified atom stereocenters. The van der Waals surface area contributed by atoms with Crippen LogP contribution in [0.15, 0.2) is 22.8 Å². The third-order valence-corrected chi connectivity index (χ3v) is 3.18. The number of pyridine rings is 1. The molecule has 2 N–H and O–H groups in total. The number of nitrogens with zero attached hydrogens (tertiary/aromatic N) is 1. The van der Waals surface area contributed by atoms with E-state index in [1.807, 2.05) is 12.1 Å². The highest BCUT2D eigenvalue weighted by Crippen LogP contribution is 2.37. The first-order valence-electron chi connectivity index (χ1n) is 4.21. The molecule has 0 aliphatic rings. The van der Waals surface area contributed by atoms with Gasteiger partial charge >= 0.3 is 0 Å². The van der Waals surface area contributed by atoms with Gasteiger partial charge in [-0.15, -0.1) is 0 Å². The molecule has 15 heavy (non-hydrogen) atoms. The molecule has 1 aromatic carbocycles. The summed E-state index contributed by atoms with van der Waals surface area (Å²) in [6.07, 6.45) is 1.53. The standard InChI is InChI=1S/C10H8BrClN2O/c1-15-7-3-2-5(11)8-9(12)6(13)4-14-10(7)8/h2-4H,13H2,1H3. The minimum atomic E-state index is 0.457. The molecule has 0 saturated heterocycles. The maximum absolute atomic E-state index is 6.11. The molecule has 0 fully saturated rings. The number of hydrogen-bond donors (Lipinski definition) is 1. The number of benzene rings is 1. The van der Waals surface area contributed by atoms with Crippen LogP contribution in [0.2, 0.25) is 5.02 Å². The molecule has 2 aromatic rings. The Morgan fingerprint density at radius 2 is 2.20 bits per heavy atom. The fraction of sp³-hybridized carbons (Fsp3) is 0.100. The van der Waals surface area contributed by atoms with E-state index in [-0.39, 0.29) is 0 Å². The number of methoxy groups -OCH3 is 1. The van der Waals surface area contributed by atoms with E-state index in [4.69, 9.17) is 22.1 Å². The molecule has 0 radical (unpaired) electrons. The van der Waals surface area contributed by atoms with Crippen molar-refractivity contribution in [1.82, 2.24) is 4.98 Å². The first kappa shape index (κ1) is 10.5. The van der Waals surface area contributed by atoms with Crippen LogP contribution in [0.25, 0.3) is 10.9 Å². The number of anilines is 1. The minimum absolute atomic E-state index is 0.457. The van der Waals surface area contributed by atoms with Gasteiger partial charge in [-0.05, 0) is 12.1 Å². The van der Waals surface area contributed by atoms with Gasteiger partial charge < -0.3 is 10.5 Å². The van der Waals surface area contributed by atoms with Gasteiger partial charge in [0.15, 0.2) is 0 Å². The van der Waals surface area contributed by atoms with Crippen LogP contribution in [0.4, 0.5) is 5.69 Å². The number of hydrogen-bond acceptors (Lipinski definition) is 3. The molecule has 0 saturated carbocycles. The summed E-state index contributed by atoms with van der Waals surface area (Å²) >= 11 is 9.52. The summed E-state index contributed by atoms with van der Waals surface area (Å²) in [4.78, 5) is 4.21. The second kappa shape index (κ2) is 3.87. The summed E-state index contributed by atoms with van der Waals surface area (Å²) in [5.74, 6) is 0.676. The maximum Gasteiger partial charge on any atom is 0.145 e. The van der Waals surface area contributed by atoms with Gasteiger partial charge in [-0.3, -0.25) is 4.98 Å². The fourth-order valence-corrected chi connectivity index (χ4v) is 2.26. The summed E-state index contributed by atoms with van der Waals surface area (Å²) in [5, 5.41) is 1.27. The van der Waals surface area contributed by atoms with Crippen molar-refractivity contribution in [2.75, 3.05) is 12.8 Å². The Bertz CT molecular complexity index is 530. The number of aromatic nitrogens is 1. The summed E-state index contributed by atoms with van der Waals surface area (Å²) in [7, 11) is 1.59. The van der Waals surface area contributed by atoms with E-state index in [1.165, 1.54) is 6.20 Å². The highest BCUT2D eigenvalue weighted by molar-refractivity contribution is 9.10. The molecule has 5 heteroatoms. The highest BCUT2D eigenvalue weighted by atomic mass is 79.9. The van der Waals surface area contributed by atoms with Crippen molar-refractivity contribution in [2.45, 2.75) is 0 Å². The van der Waals surface area contributed by atoms with E-state index >= 15 is 0 Å². The molecule has 0 bridgehead atoms. The Hall–Kier alpha value is -1.00. The Morgan fingerprint density at radius 1 is 1.47 bits per heavy atom. The average Bonchev–Trinajstić information content (AvgIpc) is 2.24. The molecule has 1 heterocycles. The van der Waals surface area contributed by atoms with Gasteiger partial charge in [0.1, 0.15) is 11.3 Å². The lowest BCUT2D eigenvalue weighted by Crippen LogP contribution is -1.93. The zero-order chi connectivity index (χ0) is 11.0. The molecular weight excluding hydrogens is 279 g/mol. The van der Waals surface area contributed by atoms with E-state index in [0.29, 0.717) is 22.0 Å². The van der Waals surface area contributed by atoms with Gasteiger partial charge in [-0.1, -0.05) is 27.5 Å². The maximum atomic E-state index is 6.11. The Labute approximate surface area is 100 Å². The quantitative estimate of drug-likeness (QED) is 0.876. The predicted octanol–water partition coefficient (Wildman–Crippen LogP) is 3.24. The van der Waals surface area contributed by atoms with Gasteiger partial charge in [-0.2, -0.15) is 0 Å². The monoisotopic (exact) mass is 286 g/mol. The van der Waals surface area contributed by atoms with Crippen molar-refractivity contribution in [1.29, 1.82) is 0 Å². The average molecular weight is 288 g/mol. The molecule has 0 amide bonds. The van der Waals surface area contributed by atoms with Crippen LogP contribution in [0.3, 0.4) is 0 Å². The van der Waals surface area contributed by atoms with E-state index in [1.54, 1.807) is 7.11 Å². The summed E-state index contributed by atoms with van der Waals surface area (Å²) in [5.41, 5.74) is 6.85. The third-order valence-electron chi connectivity index (χ3n) is 2.12. The van der Waals surface area contributed by atoms with Crippen LogP contribution in [-0.4, -0.2) is 12.1 Å². The van der Waals surface area contributed by atoms with Gasteiger partial charge in [0, 0.05) is 9.86 Å². The number of nitrogens with two attached hydrogens (primary N) is 1. The molecule has 2 rings (SSSR count). The van der Waals surface area contributed by atoms with Crippen LogP contribution >= 0.6 is 27.5 Å². The third kappa shape index (κ3) is 1.64. The largest absolute Gasteiger partial charge is 0.494 e. The molecular formula is C10H8BrClN2O. The number of rotatable bonds is 1. The molecule has 1 aromatic heterocycles. The van der Waals surface area contributed by atoms with Gasteiger partial charge in [0.05, 0.1) is 24.0 Å². The zero-order valence-corrected chi connectivity index (χ0v) is 10.3. The lowest BCUT2D eigenvalue weighted by Gasteiger charge is -2.08. The number of fused-ring (bicyclic) bond motifs is 1. The fourth-order valence-electron chi connectivity index (χ4n) is 1.38. The Morgan fingerprint density at radius 3 is 2.87 bits per heavy atom. The number of ether oxygens (including phenoxy) is 1. The van der Waals surface area contributed by atoms with E-state index in [2.05, 4.69) is 20.9 Å². The highest BCUT2D eigenvalue weighted by Gasteiger charge is 2.11. The van der Waals surface area contributed by atoms with Gasteiger partial charge in [0.25, 0.3) is 0 Å². The van der Waals surface area contributed by atoms with Crippen molar-refractivity contribution < 1.29 is 4.74 Å². The molecule has 0 aliphatic heterocycles. The summed E-state index contributed by atoms with van der Waals surface area (Å²) < 4.78 is 6.04. The van der Waals surface area contributed by atoms with Crippen LogP contribution in [0.5, 0.6) is 5.75 Å². The topological polar surface area (TPSA) is 48.1 Å². The molecule has 0 atom stereocenters. The van der Waals surface area contributed by atoms with Crippen molar-refractivity contribution in [3.63, 3.8) is 0 Å². The van der Waals surface area contributed by atoms with Crippen LogP contribution in [-0.2, 0) is 0 Å². The lowest BCUT2D eigenvalue weighted by molar-refractivity contribution is 0.419. The first-order chi connectivity index (χ1) is 7.15. The normalized spacial score (nSPS) is 10.6. The van der Waals surface area contributed by atoms with Crippen LogP contribution in [0.1, 0.15) is 0 Å². The van der Waals surface area contributed by atoms with Crippen molar-refractivity contribution in [2.24, 2.45) is 0 Å². The molecule has 3 nitrogen and oxygen atoms in total. The zero-order valence-electron chi connectivity index (χ0n) is 7.92. The molecule has 0 spiro atoms. The second-order valence-corrected chi connectivity index (χ2v) is 4.23. The van der Waals surface area contributed by atoms with Crippen molar-refractivity contribution in [3.8, 4) is 5.75 Å². The van der Waals surface area contributed by atoms with Crippen LogP contribution < -0.4 is 10.5 Å². The van der Waals surface area contributed by atoms with E-state index in [9.17, 15) is 0 Å². The summed E-state index contributed by atoms with van der Waals surface area (Å²) in [6.45, 7) is 0. The molecule has 0 aliphatic carbocycles. The lowest BCUT2D eigenvalue weighted by atomic mass is 10.2. The molecule has 78 valence electrons. The number of halogens is 2. The smallest absolute Gasteiger partial charge is 0.145 e.